The van der Waals surface area contributed by atoms with E-state index < -0.39 is 0 Å². The third-order valence-electron chi connectivity index (χ3n) is 3.59. The van der Waals surface area contributed by atoms with E-state index in [0.29, 0.717) is 5.92 Å². The summed E-state index contributed by atoms with van der Waals surface area (Å²) >= 11 is 0. The molecule has 0 saturated carbocycles. The van der Waals surface area contributed by atoms with Gasteiger partial charge in [-0.3, -0.25) is 4.99 Å². The average Bonchev–Trinajstić information content (AvgIpc) is 2.62. The van der Waals surface area contributed by atoms with Crippen LogP contribution in [0.2, 0.25) is 0 Å². The molecule has 0 heterocycles. The summed E-state index contributed by atoms with van der Waals surface area (Å²) in [5, 5.41) is 6.62. The molecule has 0 bridgehead atoms. The second-order valence-electron chi connectivity index (χ2n) is 6.19. The summed E-state index contributed by atoms with van der Waals surface area (Å²) in [6.07, 6.45) is 1.83. The highest BCUT2D eigenvalue weighted by atomic mass is 16.5. The van der Waals surface area contributed by atoms with Gasteiger partial charge in [-0.15, -0.1) is 0 Å². The van der Waals surface area contributed by atoms with E-state index in [0.717, 1.165) is 56.6 Å². The first-order valence-corrected chi connectivity index (χ1v) is 8.83. The number of rotatable bonds is 11. The SMILES string of the molecule is CN=C(NCCCOCC(C)C)NCCc1ccc(OC)c(OC)c1. The Bertz CT molecular complexity index is 519. The molecule has 25 heavy (non-hydrogen) atoms. The van der Waals surface area contributed by atoms with Gasteiger partial charge >= 0.3 is 0 Å². The fourth-order valence-corrected chi connectivity index (χ4v) is 2.28. The second kappa shape index (κ2) is 12.4. The lowest BCUT2D eigenvalue weighted by Crippen LogP contribution is -2.39. The van der Waals surface area contributed by atoms with Gasteiger partial charge in [0.05, 0.1) is 14.2 Å². The molecule has 142 valence electrons. The molecular weight excluding hydrogens is 318 g/mol. The molecular formula is C19H33N3O3. The van der Waals surface area contributed by atoms with Crippen molar-refractivity contribution in [3.8, 4) is 11.5 Å². The zero-order chi connectivity index (χ0) is 18.5. The van der Waals surface area contributed by atoms with Crippen LogP contribution in [0.15, 0.2) is 23.2 Å². The minimum Gasteiger partial charge on any atom is -0.493 e. The van der Waals surface area contributed by atoms with Crippen molar-refractivity contribution >= 4 is 5.96 Å². The van der Waals surface area contributed by atoms with Gasteiger partial charge in [-0.25, -0.2) is 0 Å². The zero-order valence-electron chi connectivity index (χ0n) is 16.2. The predicted octanol–water partition coefficient (Wildman–Crippen LogP) is 2.47. The smallest absolute Gasteiger partial charge is 0.190 e. The lowest BCUT2D eigenvalue weighted by molar-refractivity contribution is 0.108. The number of hydrogen-bond donors (Lipinski definition) is 2. The van der Waals surface area contributed by atoms with E-state index in [4.69, 9.17) is 14.2 Å². The van der Waals surface area contributed by atoms with E-state index in [2.05, 4.69) is 29.5 Å². The van der Waals surface area contributed by atoms with Crippen molar-refractivity contribution in [2.24, 2.45) is 10.9 Å². The highest BCUT2D eigenvalue weighted by molar-refractivity contribution is 5.79. The summed E-state index contributed by atoms with van der Waals surface area (Å²) in [6.45, 7) is 7.53. The highest BCUT2D eigenvalue weighted by Crippen LogP contribution is 2.27. The third kappa shape index (κ3) is 8.63. The molecule has 0 spiro atoms. The summed E-state index contributed by atoms with van der Waals surface area (Å²) in [5.41, 5.74) is 1.18. The Morgan fingerprint density at radius 1 is 1.08 bits per heavy atom. The Balaban J connectivity index is 2.27. The largest absolute Gasteiger partial charge is 0.493 e. The van der Waals surface area contributed by atoms with Crippen molar-refractivity contribution in [1.82, 2.24) is 10.6 Å². The van der Waals surface area contributed by atoms with Gasteiger partial charge in [0.25, 0.3) is 0 Å². The van der Waals surface area contributed by atoms with Crippen LogP contribution in [0.5, 0.6) is 11.5 Å². The fourth-order valence-electron chi connectivity index (χ4n) is 2.28. The van der Waals surface area contributed by atoms with E-state index in [1.54, 1.807) is 21.3 Å². The van der Waals surface area contributed by atoms with E-state index in [1.165, 1.54) is 5.56 Å². The normalized spacial score (nSPS) is 11.5. The molecule has 0 saturated heterocycles. The first kappa shape index (κ1) is 21.1. The van der Waals surface area contributed by atoms with E-state index >= 15 is 0 Å². The van der Waals surface area contributed by atoms with Crippen molar-refractivity contribution in [3.63, 3.8) is 0 Å². The van der Waals surface area contributed by atoms with Crippen LogP contribution in [-0.2, 0) is 11.2 Å². The van der Waals surface area contributed by atoms with Crippen LogP contribution in [0.25, 0.3) is 0 Å². The van der Waals surface area contributed by atoms with Crippen molar-refractivity contribution in [2.45, 2.75) is 26.7 Å². The monoisotopic (exact) mass is 351 g/mol. The summed E-state index contributed by atoms with van der Waals surface area (Å²) in [5.74, 6) is 2.89. The number of methoxy groups -OCH3 is 2. The highest BCUT2D eigenvalue weighted by Gasteiger charge is 2.05. The maximum Gasteiger partial charge on any atom is 0.190 e. The number of ether oxygens (including phenoxy) is 3. The number of hydrogen-bond acceptors (Lipinski definition) is 4. The molecule has 0 unspecified atom stereocenters. The van der Waals surface area contributed by atoms with Gasteiger partial charge in [0.15, 0.2) is 17.5 Å². The van der Waals surface area contributed by atoms with Crippen molar-refractivity contribution in [1.29, 1.82) is 0 Å². The minimum atomic E-state index is 0.582. The molecule has 0 amide bonds. The molecule has 2 N–H and O–H groups in total. The van der Waals surface area contributed by atoms with Crippen LogP contribution in [0.1, 0.15) is 25.8 Å². The van der Waals surface area contributed by atoms with Crippen molar-refractivity contribution in [2.75, 3.05) is 47.6 Å². The Kier molecular flexibility index (Phi) is 10.5. The van der Waals surface area contributed by atoms with Crippen molar-refractivity contribution in [3.05, 3.63) is 23.8 Å². The Morgan fingerprint density at radius 2 is 1.80 bits per heavy atom. The van der Waals surface area contributed by atoms with Crippen LogP contribution in [0.3, 0.4) is 0 Å². The first-order valence-electron chi connectivity index (χ1n) is 8.83. The molecule has 0 atom stereocenters. The minimum absolute atomic E-state index is 0.582. The molecule has 0 radical (unpaired) electrons. The van der Waals surface area contributed by atoms with Gasteiger partial charge in [0.1, 0.15) is 0 Å². The predicted molar refractivity (Wildman–Crippen MR) is 103 cm³/mol. The average molecular weight is 351 g/mol. The van der Waals surface area contributed by atoms with Gasteiger partial charge < -0.3 is 24.8 Å². The second-order valence-corrected chi connectivity index (χ2v) is 6.19. The van der Waals surface area contributed by atoms with Gasteiger partial charge in [0.2, 0.25) is 0 Å². The number of benzene rings is 1. The lowest BCUT2D eigenvalue weighted by atomic mass is 10.1. The standard InChI is InChI=1S/C19H33N3O3/c1-15(2)14-25-12-6-10-21-19(20-3)22-11-9-16-7-8-17(23-4)18(13-16)24-5/h7-8,13,15H,6,9-12,14H2,1-5H3,(H2,20,21,22). The van der Waals surface area contributed by atoms with Crippen LogP contribution >= 0.6 is 0 Å². The van der Waals surface area contributed by atoms with E-state index in [-0.39, 0.29) is 0 Å². The number of nitrogens with one attached hydrogen (secondary N) is 2. The molecule has 0 aromatic heterocycles. The Hall–Kier alpha value is -1.95. The van der Waals surface area contributed by atoms with Gasteiger partial charge in [-0.1, -0.05) is 19.9 Å². The molecule has 0 aliphatic carbocycles. The van der Waals surface area contributed by atoms with Crippen LogP contribution < -0.4 is 20.1 Å². The molecule has 0 aliphatic heterocycles. The zero-order valence-corrected chi connectivity index (χ0v) is 16.2. The number of aliphatic imine (C=N–C) groups is 1. The van der Waals surface area contributed by atoms with Gasteiger partial charge in [0, 0.05) is 33.4 Å². The number of nitrogens with zero attached hydrogens (tertiary/aromatic N) is 1. The van der Waals surface area contributed by atoms with Gasteiger partial charge in [-0.2, -0.15) is 0 Å². The fraction of sp³-hybridized carbons (Fsp3) is 0.632. The quantitative estimate of drug-likeness (QED) is 0.364. The third-order valence-corrected chi connectivity index (χ3v) is 3.59. The van der Waals surface area contributed by atoms with E-state index in [9.17, 15) is 0 Å². The van der Waals surface area contributed by atoms with Crippen molar-refractivity contribution < 1.29 is 14.2 Å². The summed E-state index contributed by atoms with van der Waals surface area (Å²) in [6, 6.07) is 5.98. The molecule has 1 rings (SSSR count). The Morgan fingerprint density at radius 3 is 2.44 bits per heavy atom. The number of guanidine groups is 1. The van der Waals surface area contributed by atoms with Crippen LogP contribution in [0.4, 0.5) is 0 Å². The summed E-state index contributed by atoms with van der Waals surface area (Å²) in [7, 11) is 5.07. The molecule has 1 aromatic carbocycles. The molecule has 1 aromatic rings. The first-order chi connectivity index (χ1) is 12.1. The topological polar surface area (TPSA) is 64.1 Å². The maximum atomic E-state index is 5.57. The maximum absolute atomic E-state index is 5.57. The van der Waals surface area contributed by atoms with Gasteiger partial charge in [-0.05, 0) is 36.5 Å². The van der Waals surface area contributed by atoms with Crippen LogP contribution in [-0.4, -0.2) is 53.5 Å². The molecule has 0 fully saturated rings. The summed E-state index contributed by atoms with van der Waals surface area (Å²) in [4.78, 5) is 4.24. The van der Waals surface area contributed by atoms with Crippen LogP contribution in [0, 0.1) is 5.92 Å². The summed E-state index contributed by atoms with van der Waals surface area (Å²) < 4.78 is 16.2. The molecule has 6 heteroatoms. The molecule has 6 nitrogen and oxygen atoms in total. The van der Waals surface area contributed by atoms with E-state index in [1.807, 2.05) is 18.2 Å². The molecule has 0 aliphatic rings. The Labute approximate surface area is 152 Å². The lowest BCUT2D eigenvalue weighted by Gasteiger charge is -2.13.